The molecule has 2 aromatic rings. The van der Waals surface area contributed by atoms with E-state index in [2.05, 4.69) is 15.6 Å². The first-order valence-electron chi connectivity index (χ1n) is 8.95. The van der Waals surface area contributed by atoms with E-state index in [1.165, 1.54) is 7.05 Å². The summed E-state index contributed by atoms with van der Waals surface area (Å²) in [6.07, 6.45) is 6.29. The topological polar surface area (TPSA) is 113 Å². The van der Waals surface area contributed by atoms with Crippen LogP contribution in [-0.4, -0.2) is 45.5 Å². The van der Waals surface area contributed by atoms with Gasteiger partial charge < -0.3 is 20.3 Å². The molecule has 0 radical (unpaired) electrons. The minimum absolute atomic E-state index is 0.333. The third-order valence-corrected chi connectivity index (χ3v) is 4.42. The lowest BCUT2D eigenvalue weighted by Crippen LogP contribution is -2.54. The largest absolute Gasteiger partial charge is 0.481 e. The van der Waals surface area contributed by atoms with Crippen LogP contribution in [0.3, 0.4) is 0 Å². The first-order valence-corrected chi connectivity index (χ1v) is 8.95. The summed E-state index contributed by atoms with van der Waals surface area (Å²) in [5.74, 6) is -1.96. The molecule has 2 atom stereocenters. The predicted octanol–water partition coefficient (Wildman–Crippen LogP) is 1.84. The maximum absolute atomic E-state index is 12.9. The van der Waals surface area contributed by atoms with Gasteiger partial charge in [0.15, 0.2) is 0 Å². The summed E-state index contributed by atoms with van der Waals surface area (Å²) < 4.78 is 1.56. The molecule has 8 nitrogen and oxygen atoms in total. The lowest BCUT2D eigenvalue weighted by molar-refractivity contribution is -0.141. The van der Waals surface area contributed by atoms with Crippen molar-refractivity contribution in [2.24, 2.45) is 5.41 Å². The van der Waals surface area contributed by atoms with Crippen molar-refractivity contribution in [1.29, 1.82) is 0 Å². The number of amides is 2. The Kier molecular flexibility index (Phi) is 6.56. The number of nitrogens with one attached hydrogen (secondary N) is 2. The zero-order valence-electron chi connectivity index (χ0n) is 16.5. The van der Waals surface area contributed by atoms with Crippen molar-refractivity contribution in [2.45, 2.75) is 39.3 Å². The van der Waals surface area contributed by atoms with Gasteiger partial charge in [0, 0.05) is 31.8 Å². The molecule has 28 heavy (non-hydrogen) atoms. The number of carboxylic acid groups (broad SMARTS) is 1. The van der Waals surface area contributed by atoms with Gasteiger partial charge in [0.2, 0.25) is 11.8 Å². The number of carboxylic acids is 1. The molecule has 0 saturated carbocycles. The molecule has 0 fully saturated rings. The maximum atomic E-state index is 12.9. The number of carbonyl (C=O) groups excluding carboxylic acids is 2. The standard InChI is InChI=1S/C20H26N4O4/c1-20(2,3)17(19(28)21-4)23-18(27)15(11-16(25)26)24-10-7-14(12-24)13-5-8-22-9-6-13/h5-10,12,15,17H,11H2,1-4H3,(H,21,28)(H,23,27)(H,25,26). The van der Waals surface area contributed by atoms with E-state index in [-0.39, 0.29) is 5.91 Å². The van der Waals surface area contributed by atoms with Gasteiger partial charge in [-0.1, -0.05) is 20.8 Å². The van der Waals surface area contributed by atoms with Crippen LogP contribution in [0.4, 0.5) is 0 Å². The SMILES string of the molecule is CNC(=O)C(NC(=O)C(CC(=O)O)n1ccc(-c2ccncc2)c1)C(C)(C)C. The van der Waals surface area contributed by atoms with Crippen LogP contribution in [0, 0.1) is 5.41 Å². The third kappa shape index (κ3) is 5.18. The van der Waals surface area contributed by atoms with E-state index in [0.717, 1.165) is 11.1 Å². The van der Waals surface area contributed by atoms with Crippen molar-refractivity contribution in [3.05, 3.63) is 43.0 Å². The second kappa shape index (κ2) is 8.69. The van der Waals surface area contributed by atoms with Crippen molar-refractivity contribution < 1.29 is 19.5 Å². The van der Waals surface area contributed by atoms with Gasteiger partial charge in [-0.15, -0.1) is 0 Å². The summed E-state index contributed by atoms with van der Waals surface area (Å²) >= 11 is 0. The molecule has 2 rings (SSSR count). The van der Waals surface area contributed by atoms with Crippen LogP contribution in [0.5, 0.6) is 0 Å². The highest BCUT2D eigenvalue weighted by Gasteiger charge is 2.35. The molecule has 0 saturated heterocycles. The molecule has 0 bridgehead atoms. The van der Waals surface area contributed by atoms with E-state index in [1.807, 2.05) is 32.9 Å². The van der Waals surface area contributed by atoms with E-state index < -0.39 is 35.8 Å². The zero-order chi connectivity index (χ0) is 20.9. The Morgan fingerprint density at radius 3 is 2.29 bits per heavy atom. The second-order valence-corrected chi connectivity index (χ2v) is 7.62. The van der Waals surface area contributed by atoms with Crippen LogP contribution in [0.2, 0.25) is 0 Å². The first kappa shape index (κ1) is 21.1. The number of rotatable bonds is 7. The Bertz CT molecular complexity index is 839. The van der Waals surface area contributed by atoms with Crippen LogP contribution < -0.4 is 10.6 Å². The van der Waals surface area contributed by atoms with Crippen LogP contribution in [0.1, 0.15) is 33.2 Å². The van der Waals surface area contributed by atoms with Crippen LogP contribution in [0.15, 0.2) is 43.0 Å². The number of hydrogen-bond donors (Lipinski definition) is 3. The van der Waals surface area contributed by atoms with E-state index in [4.69, 9.17) is 0 Å². The zero-order valence-corrected chi connectivity index (χ0v) is 16.5. The van der Waals surface area contributed by atoms with E-state index in [1.54, 1.807) is 35.4 Å². The van der Waals surface area contributed by atoms with Crippen molar-refractivity contribution in [2.75, 3.05) is 7.05 Å². The lowest BCUT2D eigenvalue weighted by Gasteiger charge is -2.31. The Hall–Kier alpha value is -3.16. The molecule has 2 aromatic heterocycles. The summed E-state index contributed by atoms with van der Waals surface area (Å²) in [6.45, 7) is 5.49. The molecular formula is C20H26N4O4. The number of likely N-dealkylation sites (N-methyl/N-ethyl adjacent to an activating group) is 1. The molecule has 0 aromatic carbocycles. The number of pyridine rings is 1. The quantitative estimate of drug-likeness (QED) is 0.672. The fraction of sp³-hybridized carbons (Fsp3) is 0.400. The molecule has 2 unspecified atom stereocenters. The number of hydrogen-bond acceptors (Lipinski definition) is 4. The first-order chi connectivity index (χ1) is 13.1. The number of aliphatic carboxylic acids is 1. The second-order valence-electron chi connectivity index (χ2n) is 7.62. The Morgan fingerprint density at radius 1 is 1.11 bits per heavy atom. The third-order valence-electron chi connectivity index (χ3n) is 4.42. The maximum Gasteiger partial charge on any atom is 0.306 e. The summed E-state index contributed by atoms with van der Waals surface area (Å²) in [5.41, 5.74) is 1.20. The molecule has 2 amide bonds. The lowest BCUT2D eigenvalue weighted by atomic mass is 9.86. The highest BCUT2D eigenvalue weighted by molar-refractivity contribution is 5.91. The van der Waals surface area contributed by atoms with Gasteiger partial charge in [-0.05, 0) is 34.7 Å². The van der Waals surface area contributed by atoms with E-state index >= 15 is 0 Å². The Balaban J connectivity index is 2.30. The van der Waals surface area contributed by atoms with Gasteiger partial charge in [0.05, 0.1) is 6.42 Å². The summed E-state index contributed by atoms with van der Waals surface area (Å²) in [7, 11) is 1.49. The van der Waals surface area contributed by atoms with E-state index in [0.29, 0.717) is 0 Å². The summed E-state index contributed by atoms with van der Waals surface area (Å²) in [5, 5.41) is 14.5. The summed E-state index contributed by atoms with van der Waals surface area (Å²) in [6, 6.07) is 3.68. The van der Waals surface area contributed by atoms with Gasteiger partial charge in [-0.2, -0.15) is 0 Å². The van der Waals surface area contributed by atoms with Gasteiger partial charge in [0.25, 0.3) is 0 Å². The van der Waals surface area contributed by atoms with Gasteiger partial charge in [-0.3, -0.25) is 19.4 Å². The van der Waals surface area contributed by atoms with Crippen LogP contribution in [-0.2, 0) is 14.4 Å². The number of nitrogens with zero attached hydrogens (tertiary/aromatic N) is 2. The Labute approximate surface area is 164 Å². The fourth-order valence-corrected chi connectivity index (χ4v) is 2.88. The smallest absolute Gasteiger partial charge is 0.306 e. The van der Waals surface area contributed by atoms with Gasteiger partial charge >= 0.3 is 5.97 Å². The Morgan fingerprint density at radius 2 is 1.75 bits per heavy atom. The summed E-state index contributed by atoms with van der Waals surface area (Å²) in [4.78, 5) is 40.5. The molecule has 0 aliphatic heterocycles. The molecular weight excluding hydrogens is 360 g/mol. The average molecular weight is 386 g/mol. The minimum atomic E-state index is -1.11. The van der Waals surface area contributed by atoms with Crippen molar-refractivity contribution in [3.8, 4) is 11.1 Å². The number of carbonyl (C=O) groups is 3. The van der Waals surface area contributed by atoms with Crippen LogP contribution in [0.25, 0.3) is 11.1 Å². The van der Waals surface area contributed by atoms with Crippen molar-refractivity contribution in [3.63, 3.8) is 0 Å². The normalized spacial score (nSPS) is 13.4. The molecule has 0 aliphatic carbocycles. The number of aromatic nitrogens is 2. The molecule has 150 valence electrons. The molecule has 8 heteroatoms. The van der Waals surface area contributed by atoms with Gasteiger partial charge in [0.1, 0.15) is 12.1 Å². The minimum Gasteiger partial charge on any atom is -0.481 e. The monoisotopic (exact) mass is 386 g/mol. The van der Waals surface area contributed by atoms with E-state index in [9.17, 15) is 19.5 Å². The van der Waals surface area contributed by atoms with Crippen LogP contribution >= 0.6 is 0 Å². The van der Waals surface area contributed by atoms with Gasteiger partial charge in [-0.25, -0.2) is 0 Å². The molecule has 3 N–H and O–H groups in total. The van der Waals surface area contributed by atoms with Crippen molar-refractivity contribution >= 4 is 17.8 Å². The molecule has 0 aliphatic rings. The molecule has 0 spiro atoms. The predicted molar refractivity (Wildman–Crippen MR) is 104 cm³/mol. The molecule has 2 heterocycles. The fourth-order valence-electron chi connectivity index (χ4n) is 2.88. The highest BCUT2D eigenvalue weighted by Crippen LogP contribution is 2.24. The highest BCUT2D eigenvalue weighted by atomic mass is 16.4. The van der Waals surface area contributed by atoms with Crippen molar-refractivity contribution in [1.82, 2.24) is 20.2 Å². The average Bonchev–Trinajstić information content (AvgIpc) is 3.12.